The number of nitrogens with one attached hydrogen (secondary N) is 2. The van der Waals surface area contributed by atoms with E-state index in [1.807, 2.05) is 30.3 Å². The van der Waals surface area contributed by atoms with Crippen LogP contribution in [0.5, 0.6) is 0 Å². The largest absolute Gasteiger partial charge is 0.348 e. The average molecular weight is 476 g/mol. The lowest BCUT2D eigenvalue weighted by atomic mass is 10.0. The van der Waals surface area contributed by atoms with Gasteiger partial charge in [0.25, 0.3) is 0 Å². The van der Waals surface area contributed by atoms with Crippen molar-refractivity contribution in [2.24, 2.45) is 0 Å². The van der Waals surface area contributed by atoms with Crippen molar-refractivity contribution in [1.29, 1.82) is 0 Å². The third-order valence-corrected chi connectivity index (χ3v) is 6.75. The lowest BCUT2D eigenvalue weighted by Crippen LogP contribution is -2.51. The summed E-state index contributed by atoms with van der Waals surface area (Å²) in [4.78, 5) is 12.9. The van der Waals surface area contributed by atoms with E-state index >= 15 is 0 Å². The number of aromatic nitrogens is 3. The summed E-state index contributed by atoms with van der Waals surface area (Å²) in [6.45, 7) is 9.50. The lowest BCUT2D eigenvalue weighted by Gasteiger charge is -2.37. The molecule has 0 spiro atoms. The third-order valence-electron chi connectivity index (χ3n) is 6.58. The first kappa shape index (κ1) is 23.9. The standard InChI is InChI=1S/C27H32ClN6/c1-3-34(4-2,19-17-22-13-10-12-21-11-8-9-16-24(21)22)20-18-29-26-31-25(28)32-27(33-26)30-23-14-6-5-7-15-23/h5-16H,3-4,17-20H2,1-2H3,(H2,29,30,31,32,33)/q+1. The van der Waals surface area contributed by atoms with E-state index in [9.17, 15) is 0 Å². The topological polar surface area (TPSA) is 62.7 Å². The van der Waals surface area contributed by atoms with Gasteiger partial charge in [-0.05, 0) is 53.9 Å². The Morgan fingerprint density at radius 2 is 1.47 bits per heavy atom. The molecule has 0 saturated heterocycles. The molecule has 1 heterocycles. The number of likely N-dealkylation sites (N-methyl/N-ethyl adjacent to an activating group) is 1. The van der Waals surface area contributed by atoms with Gasteiger partial charge >= 0.3 is 0 Å². The predicted molar refractivity (Wildman–Crippen MR) is 142 cm³/mol. The molecule has 7 heteroatoms. The molecule has 3 aromatic carbocycles. The monoisotopic (exact) mass is 475 g/mol. The van der Waals surface area contributed by atoms with Crippen LogP contribution in [0.1, 0.15) is 19.4 Å². The molecule has 0 radical (unpaired) electrons. The van der Waals surface area contributed by atoms with Gasteiger partial charge in [0.2, 0.25) is 17.2 Å². The zero-order valence-corrected chi connectivity index (χ0v) is 20.6. The van der Waals surface area contributed by atoms with Crippen LogP contribution in [0, 0.1) is 0 Å². The molecule has 1 aromatic heterocycles. The maximum atomic E-state index is 6.16. The summed E-state index contributed by atoms with van der Waals surface area (Å²) in [5.41, 5.74) is 2.31. The number of anilines is 3. The molecule has 0 aliphatic rings. The van der Waals surface area contributed by atoms with Crippen molar-refractivity contribution in [3.8, 4) is 0 Å². The van der Waals surface area contributed by atoms with Gasteiger partial charge in [-0.1, -0.05) is 60.7 Å². The van der Waals surface area contributed by atoms with Crippen LogP contribution in [0.2, 0.25) is 5.28 Å². The summed E-state index contributed by atoms with van der Waals surface area (Å²) >= 11 is 6.16. The van der Waals surface area contributed by atoms with Gasteiger partial charge in [0.15, 0.2) is 0 Å². The second-order valence-electron chi connectivity index (χ2n) is 8.48. The Hall–Kier alpha value is -3.22. The van der Waals surface area contributed by atoms with Crippen LogP contribution in [0.25, 0.3) is 10.8 Å². The molecule has 0 amide bonds. The van der Waals surface area contributed by atoms with Crippen LogP contribution >= 0.6 is 11.6 Å². The van der Waals surface area contributed by atoms with Gasteiger partial charge in [0, 0.05) is 12.1 Å². The van der Waals surface area contributed by atoms with Crippen LogP contribution in [0.3, 0.4) is 0 Å². The Bertz CT molecular complexity index is 1200. The number of hydrogen-bond acceptors (Lipinski definition) is 5. The second kappa shape index (κ2) is 11.3. The van der Waals surface area contributed by atoms with Crippen LogP contribution in [-0.2, 0) is 6.42 Å². The minimum atomic E-state index is 0.165. The Balaban J connectivity index is 1.39. The molecule has 176 valence electrons. The molecule has 0 bridgehead atoms. The van der Waals surface area contributed by atoms with Gasteiger partial charge in [-0.3, -0.25) is 0 Å². The highest BCUT2D eigenvalue weighted by Gasteiger charge is 2.23. The van der Waals surface area contributed by atoms with Crippen LogP contribution < -0.4 is 10.6 Å². The fraction of sp³-hybridized carbons (Fsp3) is 0.296. The van der Waals surface area contributed by atoms with E-state index in [4.69, 9.17) is 11.6 Å². The third kappa shape index (κ3) is 6.01. The van der Waals surface area contributed by atoms with Crippen molar-refractivity contribution in [2.45, 2.75) is 20.3 Å². The van der Waals surface area contributed by atoms with Crippen molar-refractivity contribution in [2.75, 3.05) is 43.4 Å². The van der Waals surface area contributed by atoms with Crippen molar-refractivity contribution < 1.29 is 4.48 Å². The highest BCUT2D eigenvalue weighted by Crippen LogP contribution is 2.21. The minimum absolute atomic E-state index is 0.165. The normalized spacial score (nSPS) is 11.5. The van der Waals surface area contributed by atoms with Crippen LogP contribution in [-0.4, -0.2) is 52.2 Å². The van der Waals surface area contributed by atoms with Gasteiger partial charge in [0.1, 0.15) is 0 Å². The van der Waals surface area contributed by atoms with E-state index in [0.29, 0.717) is 11.9 Å². The summed E-state index contributed by atoms with van der Waals surface area (Å²) in [5.74, 6) is 0.911. The zero-order valence-electron chi connectivity index (χ0n) is 19.8. The number of para-hydroxylation sites is 1. The molecule has 6 nitrogen and oxygen atoms in total. The number of hydrogen-bond donors (Lipinski definition) is 2. The number of nitrogens with zero attached hydrogens (tertiary/aromatic N) is 4. The molecular weight excluding hydrogens is 444 g/mol. The number of benzene rings is 3. The van der Waals surface area contributed by atoms with Gasteiger partial charge in [-0.25, -0.2) is 0 Å². The molecule has 4 rings (SSSR count). The molecule has 0 atom stereocenters. The van der Waals surface area contributed by atoms with E-state index in [-0.39, 0.29) is 5.28 Å². The quantitative estimate of drug-likeness (QED) is 0.263. The predicted octanol–water partition coefficient (Wildman–Crippen LogP) is 5.93. The molecule has 2 N–H and O–H groups in total. The van der Waals surface area contributed by atoms with Crippen molar-refractivity contribution >= 4 is 40.0 Å². The van der Waals surface area contributed by atoms with E-state index in [0.717, 1.165) is 49.3 Å². The minimum Gasteiger partial charge on any atom is -0.348 e. The Labute approximate surface area is 206 Å². The highest BCUT2D eigenvalue weighted by atomic mass is 35.5. The van der Waals surface area contributed by atoms with E-state index in [1.165, 1.54) is 16.3 Å². The molecule has 0 saturated carbocycles. The van der Waals surface area contributed by atoms with Gasteiger partial charge in [-0.15, -0.1) is 0 Å². The van der Waals surface area contributed by atoms with Gasteiger partial charge in [0.05, 0.1) is 32.7 Å². The Morgan fingerprint density at radius 1 is 0.765 bits per heavy atom. The molecule has 0 aliphatic heterocycles. The molecule has 0 unspecified atom stereocenters. The average Bonchev–Trinajstić information content (AvgIpc) is 2.86. The first-order valence-electron chi connectivity index (χ1n) is 11.9. The summed E-state index contributed by atoms with van der Waals surface area (Å²) in [5, 5.41) is 9.36. The summed E-state index contributed by atoms with van der Waals surface area (Å²) in [6.07, 6.45) is 1.05. The van der Waals surface area contributed by atoms with Gasteiger partial charge < -0.3 is 15.1 Å². The number of quaternary nitrogens is 1. The number of rotatable bonds is 11. The van der Waals surface area contributed by atoms with Crippen LogP contribution in [0.15, 0.2) is 72.8 Å². The Morgan fingerprint density at radius 3 is 2.26 bits per heavy atom. The first-order chi connectivity index (χ1) is 16.6. The Kier molecular flexibility index (Phi) is 7.93. The zero-order chi connectivity index (χ0) is 23.8. The molecule has 4 aromatic rings. The number of fused-ring (bicyclic) bond motifs is 1. The van der Waals surface area contributed by atoms with E-state index in [1.54, 1.807) is 0 Å². The van der Waals surface area contributed by atoms with E-state index < -0.39 is 0 Å². The molecule has 34 heavy (non-hydrogen) atoms. The fourth-order valence-corrected chi connectivity index (χ4v) is 4.54. The summed E-state index contributed by atoms with van der Waals surface area (Å²) < 4.78 is 1.02. The van der Waals surface area contributed by atoms with Crippen molar-refractivity contribution in [3.05, 3.63) is 83.6 Å². The maximum absolute atomic E-state index is 6.16. The van der Waals surface area contributed by atoms with Crippen molar-refractivity contribution in [3.63, 3.8) is 0 Å². The second-order valence-corrected chi connectivity index (χ2v) is 8.82. The van der Waals surface area contributed by atoms with Crippen molar-refractivity contribution in [1.82, 2.24) is 15.0 Å². The molecule has 0 aliphatic carbocycles. The van der Waals surface area contributed by atoms with E-state index in [2.05, 4.69) is 81.9 Å². The highest BCUT2D eigenvalue weighted by molar-refractivity contribution is 6.28. The maximum Gasteiger partial charge on any atom is 0.233 e. The number of halogens is 1. The van der Waals surface area contributed by atoms with Crippen LogP contribution in [0.4, 0.5) is 17.6 Å². The fourth-order valence-electron chi connectivity index (χ4n) is 4.38. The van der Waals surface area contributed by atoms with Gasteiger partial charge in [-0.2, -0.15) is 15.0 Å². The molecule has 0 fully saturated rings. The SMILES string of the molecule is CC[N+](CC)(CCNc1nc(Cl)nc(Nc2ccccc2)n1)CCc1cccc2ccccc12. The first-order valence-corrected chi connectivity index (χ1v) is 12.3. The lowest BCUT2D eigenvalue weighted by molar-refractivity contribution is -0.923. The molecular formula is C27H32ClN6+. The summed E-state index contributed by atoms with van der Waals surface area (Å²) in [7, 11) is 0. The smallest absolute Gasteiger partial charge is 0.233 e. The summed E-state index contributed by atoms with van der Waals surface area (Å²) in [6, 6.07) is 25.0.